The second-order valence-electron chi connectivity index (χ2n) is 5.18. The minimum absolute atomic E-state index is 0.0224. The number of pyridine rings is 1. The van der Waals surface area contributed by atoms with Gasteiger partial charge in [-0.15, -0.1) is 0 Å². The van der Waals surface area contributed by atoms with Gasteiger partial charge in [0.25, 0.3) is 0 Å². The van der Waals surface area contributed by atoms with Crippen LogP contribution in [0.1, 0.15) is 27.7 Å². The molecule has 0 N–H and O–H groups in total. The molecule has 0 saturated heterocycles. The van der Waals surface area contributed by atoms with Crippen LogP contribution >= 0.6 is 0 Å². The summed E-state index contributed by atoms with van der Waals surface area (Å²) >= 11 is 0. The van der Waals surface area contributed by atoms with E-state index >= 15 is 0 Å². The first-order valence-corrected chi connectivity index (χ1v) is 6.10. The summed E-state index contributed by atoms with van der Waals surface area (Å²) in [6.07, 6.45) is 2.10. The van der Waals surface area contributed by atoms with Crippen LogP contribution in [0.2, 0.25) is 0 Å². The highest BCUT2D eigenvalue weighted by molar-refractivity contribution is 5.85. The molecule has 90 valence electrons. The quantitative estimate of drug-likeness (QED) is 0.722. The lowest BCUT2D eigenvalue weighted by atomic mass is 10.1. The van der Waals surface area contributed by atoms with Crippen LogP contribution in [0.5, 0.6) is 5.88 Å². The second-order valence-corrected chi connectivity index (χ2v) is 5.18. The molecule has 0 aliphatic rings. The van der Waals surface area contributed by atoms with Gasteiger partial charge in [-0.25, -0.2) is 0 Å². The number of aromatic nitrogens is 1. The van der Waals surface area contributed by atoms with Gasteiger partial charge < -0.3 is 4.74 Å². The van der Waals surface area contributed by atoms with E-state index in [0.717, 1.165) is 5.88 Å². The van der Waals surface area contributed by atoms with Crippen LogP contribution in [0.25, 0.3) is 10.8 Å². The van der Waals surface area contributed by atoms with Crippen molar-refractivity contribution in [2.24, 2.45) is 0 Å². The normalized spacial score (nSPS) is 11.8. The van der Waals surface area contributed by atoms with E-state index in [2.05, 4.69) is 61.9 Å². The maximum absolute atomic E-state index is 5.84. The molecule has 0 aliphatic heterocycles. The number of hydrogen-bond acceptors (Lipinski definition) is 1. The molecular formula is C15H20NO+. The zero-order valence-corrected chi connectivity index (χ0v) is 11.0. The first-order chi connectivity index (χ1) is 8.04. The lowest BCUT2D eigenvalue weighted by Gasteiger charge is -2.17. The lowest BCUT2D eigenvalue weighted by molar-refractivity contribution is -0.756. The van der Waals surface area contributed by atoms with E-state index in [0.29, 0.717) is 6.61 Å². The van der Waals surface area contributed by atoms with Gasteiger partial charge in [0, 0.05) is 26.8 Å². The van der Waals surface area contributed by atoms with Gasteiger partial charge in [0.05, 0.1) is 12.0 Å². The van der Waals surface area contributed by atoms with Crippen LogP contribution in [-0.4, -0.2) is 6.61 Å². The Morgan fingerprint density at radius 1 is 1.12 bits per heavy atom. The van der Waals surface area contributed by atoms with Crippen molar-refractivity contribution in [1.82, 2.24) is 0 Å². The van der Waals surface area contributed by atoms with E-state index in [9.17, 15) is 0 Å². The topological polar surface area (TPSA) is 13.1 Å². The number of fused-ring (bicyclic) bond motifs is 1. The van der Waals surface area contributed by atoms with Crippen molar-refractivity contribution in [1.29, 1.82) is 0 Å². The minimum Gasteiger partial charge on any atom is -0.444 e. The summed E-state index contributed by atoms with van der Waals surface area (Å²) in [5, 5.41) is 2.39. The monoisotopic (exact) mass is 230 g/mol. The van der Waals surface area contributed by atoms with Crippen molar-refractivity contribution in [2.45, 2.75) is 33.2 Å². The summed E-state index contributed by atoms with van der Waals surface area (Å²) in [6.45, 7) is 9.26. The fourth-order valence-electron chi connectivity index (χ4n) is 2.00. The van der Waals surface area contributed by atoms with Crippen LogP contribution in [0.3, 0.4) is 0 Å². The Kier molecular flexibility index (Phi) is 3.05. The van der Waals surface area contributed by atoms with Gasteiger partial charge in [0.1, 0.15) is 0 Å². The molecule has 2 aromatic rings. The number of rotatable bonds is 2. The Labute approximate surface area is 103 Å². The molecule has 0 atom stereocenters. The Morgan fingerprint density at radius 3 is 2.47 bits per heavy atom. The van der Waals surface area contributed by atoms with E-state index in [-0.39, 0.29) is 5.54 Å². The van der Waals surface area contributed by atoms with Gasteiger partial charge in [0.15, 0.2) is 11.7 Å². The predicted octanol–water partition coefficient (Wildman–Crippen LogP) is 3.28. The van der Waals surface area contributed by atoms with Crippen LogP contribution in [0.15, 0.2) is 36.5 Å². The van der Waals surface area contributed by atoms with Gasteiger partial charge in [-0.2, -0.15) is 4.57 Å². The van der Waals surface area contributed by atoms with Gasteiger partial charge in [0.2, 0.25) is 0 Å². The highest BCUT2D eigenvalue weighted by Gasteiger charge is 2.28. The largest absolute Gasteiger partial charge is 0.444 e. The molecule has 1 heterocycles. The molecule has 0 fully saturated rings. The Hall–Kier alpha value is -1.57. The number of hydrogen-bond donors (Lipinski definition) is 0. The summed E-state index contributed by atoms with van der Waals surface area (Å²) < 4.78 is 8.03. The van der Waals surface area contributed by atoms with E-state index in [1.807, 2.05) is 6.92 Å². The maximum atomic E-state index is 5.84. The molecule has 17 heavy (non-hydrogen) atoms. The van der Waals surface area contributed by atoms with Crippen molar-refractivity contribution in [3.8, 4) is 5.88 Å². The molecule has 2 rings (SSSR count). The van der Waals surface area contributed by atoms with E-state index in [1.165, 1.54) is 10.8 Å². The number of ether oxygens (including phenoxy) is 1. The van der Waals surface area contributed by atoms with E-state index in [1.54, 1.807) is 0 Å². The molecule has 0 aliphatic carbocycles. The summed E-state index contributed by atoms with van der Waals surface area (Å²) in [5.74, 6) is 0.957. The van der Waals surface area contributed by atoms with Crippen molar-refractivity contribution in [2.75, 3.05) is 6.61 Å². The molecule has 1 aromatic heterocycles. The van der Waals surface area contributed by atoms with Crippen LogP contribution in [-0.2, 0) is 5.54 Å². The summed E-state index contributed by atoms with van der Waals surface area (Å²) in [5.41, 5.74) is 0.0224. The standard InChI is InChI=1S/C15H20NO/c1-5-17-14-13-9-7-6-8-12(13)10-11-16(14)15(2,3)4/h6-11H,5H2,1-4H3/q+1. The summed E-state index contributed by atoms with van der Waals surface area (Å²) in [4.78, 5) is 0. The summed E-state index contributed by atoms with van der Waals surface area (Å²) in [7, 11) is 0. The molecular weight excluding hydrogens is 210 g/mol. The molecule has 0 amide bonds. The Bertz CT molecular complexity index is 526. The SMILES string of the molecule is CCOc1c2ccccc2cc[n+]1C(C)(C)C. The number of nitrogens with zero attached hydrogens (tertiary/aromatic N) is 1. The van der Waals surface area contributed by atoms with Crippen LogP contribution in [0, 0.1) is 0 Å². The van der Waals surface area contributed by atoms with Crippen LogP contribution in [0.4, 0.5) is 0 Å². The van der Waals surface area contributed by atoms with Crippen molar-refractivity contribution in [3.05, 3.63) is 36.5 Å². The molecule has 2 heteroatoms. The second kappa shape index (κ2) is 4.36. The average Bonchev–Trinajstić information content (AvgIpc) is 2.28. The molecule has 1 aromatic carbocycles. The zero-order valence-electron chi connectivity index (χ0n) is 11.0. The maximum Gasteiger partial charge on any atom is 0.376 e. The van der Waals surface area contributed by atoms with Gasteiger partial charge >= 0.3 is 5.88 Å². The van der Waals surface area contributed by atoms with Crippen molar-refractivity contribution >= 4 is 10.8 Å². The van der Waals surface area contributed by atoms with E-state index in [4.69, 9.17) is 4.74 Å². The molecule has 0 radical (unpaired) electrons. The van der Waals surface area contributed by atoms with Crippen molar-refractivity contribution < 1.29 is 9.30 Å². The number of benzene rings is 1. The Morgan fingerprint density at radius 2 is 1.82 bits per heavy atom. The van der Waals surface area contributed by atoms with Crippen molar-refractivity contribution in [3.63, 3.8) is 0 Å². The predicted molar refractivity (Wildman–Crippen MR) is 70.3 cm³/mol. The fraction of sp³-hybridized carbons (Fsp3) is 0.400. The van der Waals surface area contributed by atoms with E-state index < -0.39 is 0 Å². The highest BCUT2D eigenvalue weighted by atomic mass is 16.5. The molecule has 0 spiro atoms. The van der Waals surface area contributed by atoms with Gasteiger partial charge in [-0.05, 0) is 18.4 Å². The third kappa shape index (κ3) is 2.26. The van der Waals surface area contributed by atoms with Crippen LogP contribution < -0.4 is 9.30 Å². The summed E-state index contributed by atoms with van der Waals surface area (Å²) in [6, 6.07) is 10.5. The third-order valence-electron chi connectivity index (χ3n) is 2.82. The molecule has 0 bridgehead atoms. The fourth-order valence-corrected chi connectivity index (χ4v) is 2.00. The lowest BCUT2D eigenvalue weighted by Crippen LogP contribution is -2.50. The minimum atomic E-state index is 0.0224. The average molecular weight is 230 g/mol. The smallest absolute Gasteiger partial charge is 0.376 e. The Balaban J connectivity index is 2.73. The molecule has 0 unspecified atom stereocenters. The third-order valence-corrected chi connectivity index (χ3v) is 2.82. The first-order valence-electron chi connectivity index (χ1n) is 6.10. The zero-order chi connectivity index (χ0) is 12.5. The molecule has 0 saturated carbocycles. The first kappa shape index (κ1) is 11.9. The highest BCUT2D eigenvalue weighted by Crippen LogP contribution is 2.24. The van der Waals surface area contributed by atoms with Gasteiger partial charge in [-0.1, -0.05) is 18.2 Å². The van der Waals surface area contributed by atoms with Gasteiger partial charge in [-0.3, -0.25) is 0 Å². The molecule has 2 nitrogen and oxygen atoms in total.